The molecule has 0 aliphatic heterocycles. The Balaban J connectivity index is 1.88. The molecule has 8 heteroatoms. The number of nitrogens with zero attached hydrogens (tertiary/aromatic N) is 3. The largest absolute Gasteiger partial charge is 0.399 e. The Morgan fingerprint density at radius 2 is 2.21 bits per heavy atom. The Morgan fingerprint density at radius 1 is 1.37 bits per heavy atom. The number of nitrogens with one attached hydrogen (secondary N) is 1. The first-order chi connectivity index (χ1) is 9.08. The number of nitrogens with two attached hydrogens (primary N) is 1. The molecule has 0 aliphatic rings. The van der Waals surface area contributed by atoms with Crippen molar-refractivity contribution in [2.24, 2.45) is 0 Å². The van der Waals surface area contributed by atoms with Gasteiger partial charge in [0.15, 0.2) is 0 Å². The van der Waals surface area contributed by atoms with Crippen molar-refractivity contribution in [1.82, 2.24) is 19.7 Å². The molecular formula is C11H15N5O2S. The number of aryl methyl sites for hydroxylation is 1. The Bertz CT molecular complexity index is 624. The van der Waals surface area contributed by atoms with Crippen LogP contribution >= 0.6 is 0 Å². The van der Waals surface area contributed by atoms with Crippen LogP contribution in [-0.4, -0.2) is 30.0 Å². The number of aromatic nitrogens is 3. The molecule has 19 heavy (non-hydrogen) atoms. The number of rotatable bonds is 6. The highest BCUT2D eigenvalue weighted by Gasteiger charge is 2.12. The lowest BCUT2D eigenvalue weighted by atomic mass is 10.3. The molecule has 2 rings (SSSR count). The van der Waals surface area contributed by atoms with Crippen LogP contribution < -0.4 is 10.5 Å². The topological polar surface area (TPSA) is 103 Å². The summed E-state index contributed by atoms with van der Waals surface area (Å²) in [6, 6.07) is 6.19. The third-order valence-electron chi connectivity index (χ3n) is 2.50. The van der Waals surface area contributed by atoms with E-state index in [0.717, 1.165) is 0 Å². The summed E-state index contributed by atoms with van der Waals surface area (Å²) < 4.78 is 28.1. The molecule has 0 atom stereocenters. The molecule has 1 heterocycles. The molecule has 1 aromatic carbocycles. The van der Waals surface area contributed by atoms with Gasteiger partial charge in [0, 0.05) is 25.0 Å². The van der Waals surface area contributed by atoms with Crippen LogP contribution in [0.25, 0.3) is 0 Å². The Morgan fingerprint density at radius 3 is 2.89 bits per heavy atom. The molecule has 0 radical (unpaired) electrons. The molecule has 0 aliphatic carbocycles. The minimum atomic E-state index is -3.50. The normalized spacial score (nSPS) is 11.6. The molecule has 102 valence electrons. The predicted molar refractivity (Wildman–Crippen MR) is 70.7 cm³/mol. The molecule has 0 saturated carbocycles. The fraction of sp³-hybridized carbons (Fsp3) is 0.273. The van der Waals surface area contributed by atoms with E-state index in [9.17, 15) is 8.42 Å². The fourth-order valence-electron chi connectivity index (χ4n) is 1.56. The van der Waals surface area contributed by atoms with Crippen LogP contribution in [0.4, 0.5) is 5.69 Å². The Labute approximate surface area is 111 Å². The first-order valence-electron chi connectivity index (χ1n) is 5.77. The van der Waals surface area contributed by atoms with E-state index in [2.05, 4.69) is 15.0 Å². The average Bonchev–Trinajstić information content (AvgIpc) is 2.88. The van der Waals surface area contributed by atoms with Crippen molar-refractivity contribution >= 4 is 15.7 Å². The molecule has 0 unspecified atom stereocenters. The van der Waals surface area contributed by atoms with Crippen molar-refractivity contribution in [3.8, 4) is 0 Å². The monoisotopic (exact) mass is 281 g/mol. The lowest BCUT2D eigenvalue weighted by molar-refractivity contribution is 0.542. The molecule has 0 amide bonds. The van der Waals surface area contributed by atoms with Crippen molar-refractivity contribution in [3.05, 3.63) is 36.7 Å². The molecular weight excluding hydrogens is 266 g/mol. The van der Waals surface area contributed by atoms with Crippen LogP contribution in [0.1, 0.15) is 6.42 Å². The van der Waals surface area contributed by atoms with Gasteiger partial charge in [0.25, 0.3) is 0 Å². The molecule has 0 saturated heterocycles. The van der Waals surface area contributed by atoms with Gasteiger partial charge in [0.1, 0.15) is 0 Å². The molecule has 7 nitrogen and oxygen atoms in total. The van der Waals surface area contributed by atoms with Crippen LogP contribution in [0.15, 0.2) is 41.6 Å². The third kappa shape index (κ3) is 3.76. The van der Waals surface area contributed by atoms with E-state index in [1.54, 1.807) is 29.2 Å². The fourth-order valence-corrected chi connectivity index (χ4v) is 2.69. The average molecular weight is 281 g/mol. The van der Waals surface area contributed by atoms with E-state index in [0.29, 0.717) is 25.2 Å². The van der Waals surface area contributed by atoms with Gasteiger partial charge in [-0.05, 0) is 24.6 Å². The number of hydrogen-bond donors (Lipinski definition) is 2. The van der Waals surface area contributed by atoms with E-state index >= 15 is 0 Å². The summed E-state index contributed by atoms with van der Waals surface area (Å²) in [6.07, 6.45) is 3.94. The number of nitrogen functional groups attached to an aromatic ring is 1. The van der Waals surface area contributed by atoms with Gasteiger partial charge in [0.05, 0.1) is 11.1 Å². The summed E-state index contributed by atoms with van der Waals surface area (Å²) in [7, 11) is -3.50. The van der Waals surface area contributed by atoms with Gasteiger partial charge in [-0.25, -0.2) is 13.1 Å². The minimum absolute atomic E-state index is 0.174. The van der Waals surface area contributed by atoms with Crippen LogP contribution in [0.3, 0.4) is 0 Å². The maximum atomic E-state index is 11.9. The highest BCUT2D eigenvalue weighted by molar-refractivity contribution is 7.89. The first kappa shape index (κ1) is 13.5. The molecule has 3 N–H and O–H groups in total. The number of sulfonamides is 1. The third-order valence-corrected chi connectivity index (χ3v) is 3.96. The summed E-state index contributed by atoms with van der Waals surface area (Å²) in [4.78, 5) is 0.174. The van der Waals surface area contributed by atoms with Crippen molar-refractivity contribution in [3.63, 3.8) is 0 Å². The quantitative estimate of drug-likeness (QED) is 0.583. The molecule has 0 bridgehead atoms. The zero-order chi connectivity index (χ0) is 13.7. The number of benzene rings is 1. The summed E-state index contributed by atoms with van der Waals surface area (Å²) >= 11 is 0. The SMILES string of the molecule is Nc1cccc(S(=O)(=O)NCCCn2ccnn2)c1. The van der Waals surface area contributed by atoms with Gasteiger partial charge >= 0.3 is 0 Å². The summed E-state index contributed by atoms with van der Waals surface area (Å²) in [5.41, 5.74) is 5.99. The highest BCUT2D eigenvalue weighted by atomic mass is 32.2. The van der Waals surface area contributed by atoms with E-state index in [1.165, 1.54) is 12.1 Å². The van der Waals surface area contributed by atoms with E-state index in [-0.39, 0.29) is 4.90 Å². The Hall–Kier alpha value is -1.93. The summed E-state index contributed by atoms with van der Waals surface area (Å²) in [5.74, 6) is 0. The van der Waals surface area contributed by atoms with Gasteiger partial charge in [-0.2, -0.15) is 0 Å². The molecule has 1 aromatic heterocycles. The van der Waals surface area contributed by atoms with Gasteiger partial charge in [-0.15, -0.1) is 5.10 Å². The van der Waals surface area contributed by atoms with Crippen molar-refractivity contribution in [2.45, 2.75) is 17.9 Å². The van der Waals surface area contributed by atoms with Crippen LogP contribution in [-0.2, 0) is 16.6 Å². The lowest BCUT2D eigenvalue weighted by Gasteiger charge is -2.07. The zero-order valence-electron chi connectivity index (χ0n) is 10.2. The summed E-state index contributed by atoms with van der Waals surface area (Å²) in [5, 5.41) is 7.46. The second-order valence-electron chi connectivity index (χ2n) is 3.99. The van der Waals surface area contributed by atoms with Gasteiger partial charge in [0.2, 0.25) is 10.0 Å². The molecule has 0 spiro atoms. The van der Waals surface area contributed by atoms with E-state index < -0.39 is 10.0 Å². The number of hydrogen-bond acceptors (Lipinski definition) is 5. The van der Waals surface area contributed by atoms with Crippen LogP contribution in [0.5, 0.6) is 0 Å². The second-order valence-corrected chi connectivity index (χ2v) is 5.76. The first-order valence-corrected chi connectivity index (χ1v) is 7.25. The van der Waals surface area contributed by atoms with Crippen LogP contribution in [0, 0.1) is 0 Å². The lowest BCUT2D eigenvalue weighted by Crippen LogP contribution is -2.25. The highest BCUT2D eigenvalue weighted by Crippen LogP contribution is 2.12. The van der Waals surface area contributed by atoms with E-state index in [1.807, 2.05) is 0 Å². The van der Waals surface area contributed by atoms with Crippen molar-refractivity contribution in [2.75, 3.05) is 12.3 Å². The second kappa shape index (κ2) is 5.81. The Kier molecular flexibility index (Phi) is 4.13. The maximum absolute atomic E-state index is 11.9. The van der Waals surface area contributed by atoms with Gasteiger partial charge in [-0.1, -0.05) is 11.3 Å². The van der Waals surface area contributed by atoms with Crippen LogP contribution in [0.2, 0.25) is 0 Å². The molecule has 0 fully saturated rings. The van der Waals surface area contributed by atoms with E-state index in [4.69, 9.17) is 5.73 Å². The van der Waals surface area contributed by atoms with Gasteiger partial charge < -0.3 is 5.73 Å². The predicted octanol–water partition coefficient (Wildman–Crippen LogP) is 0.229. The maximum Gasteiger partial charge on any atom is 0.240 e. The smallest absolute Gasteiger partial charge is 0.240 e. The number of anilines is 1. The van der Waals surface area contributed by atoms with Gasteiger partial charge in [-0.3, -0.25) is 4.68 Å². The summed E-state index contributed by atoms with van der Waals surface area (Å²) in [6.45, 7) is 0.941. The standard InChI is InChI=1S/C11H15N5O2S/c12-10-3-1-4-11(9-10)19(17,18)14-5-2-7-16-8-6-13-15-16/h1,3-4,6,8-9,14H,2,5,7,12H2. The van der Waals surface area contributed by atoms with Crippen molar-refractivity contribution in [1.29, 1.82) is 0 Å². The zero-order valence-corrected chi connectivity index (χ0v) is 11.0. The molecule has 2 aromatic rings. The van der Waals surface area contributed by atoms with Crippen molar-refractivity contribution < 1.29 is 8.42 Å². The minimum Gasteiger partial charge on any atom is -0.399 e.